The van der Waals surface area contributed by atoms with Gasteiger partial charge >= 0.3 is 0 Å². The van der Waals surface area contributed by atoms with Crippen LogP contribution in [-0.4, -0.2) is 18.5 Å². The van der Waals surface area contributed by atoms with Crippen molar-refractivity contribution in [1.29, 1.82) is 0 Å². The molecule has 1 aliphatic heterocycles. The zero-order valence-electron chi connectivity index (χ0n) is 10.5. The standard InChI is InChI=1S/C14H18N2O.ClH/c1-9(10-2-3-10)16-14(17)12-4-5-13-11(8-12)6-7-15-13;/h4-5,8-10,15H,2-3,6-7H2,1H3,(H,16,17);1H. The quantitative estimate of drug-likeness (QED) is 0.883. The van der Waals surface area contributed by atoms with Crippen molar-refractivity contribution in [2.45, 2.75) is 32.2 Å². The summed E-state index contributed by atoms with van der Waals surface area (Å²) in [5, 5.41) is 6.39. The Balaban J connectivity index is 0.00000120. The van der Waals surface area contributed by atoms with E-state index in [1.807, 2.05) is 18.2 Å². The Morgan fingerprint density at radius 1 is 1.44 bits per heavy atom. The molecular formula is C14H19ClN2O. The molecule has 1 amide bonds. The highest BCUT2D eigenvalue weighted by Crippen LogP contribution is 2.32. The van der Waals surface area contributed by atoms with Gasteiger partial charge in [-0.15, -0.1) is 12.4 Å². The van der Waals surface area contributed by atoms with Crippen LogP contribution in [0, 0.1) is 5.92 Å². The molecule has 18 heavy (non-hydrogen) atoms. The van der Waals surface area contributed by atoms with Crippen molar-refractivity contribution in [3.8, 4) is 0 Å². The van der Waals surface area contributed by atoms with Gasteiger partial charge in [0, 0.05) is 23.8 Å². The van der Waals surface area contributed by atoms with Gasteiger partial charge in [-0.05, 0) is 55.9 Å². The highest BCUT2D eigenvalue weighted by atomic mass is 35.5. The predicted molar refractivity (Wildman–Crippen MR) is 75.5 cm³/mol. The van der Waals surface area contributed by atoms with Crippen LogP contribution in [0.5, 0.6) is 0 Å². The van der Waals surface area contributed by atoms with Gasteiger partial charge < -0.3 is 10.6 Å². The molecule has 1 atom stereocenters. The van der Waals surface area contributed by atoms with Crippen LogP contribution in [0.3, 0.4) is 0 Å². The summed E-state index contributed by atoms with van der Waals surface area (Å²) in [6.07, 6.45) is 3.54. The normalized spacial score (nSPS) is 18.3. The monoisotopic (exact) mass is 266 g/mol. The summed E-state index contributed by atoms with van der Waals surface area (Å²) in [6, 6.07) is 6.25. The second kappa shape index (κ2) is 5.19. The molecule has 1 saturated carbocycles. The molecule has 1 fully saturated rings. The third-order valence-electron chi connectivity index (χ3n) is 3.77. The lowest BCUT2D eigenvalue weighted by Crippen LogP contribution is -2.33. The molecule has 2 N–H and O–H groups in total. The third-order valence-corrected chi connectivity index (χ3v) is 3.77. The summed E-state index contributed by atoms with van der Waals surface area (Å²) < 4.78 is 0. The van der Waals surface area contributed by atoms with E-state index < -0.39 is 0 Å². The second-order valence-electron chi connectivity index (χ2n) is 5.15. The number of benzene rings is 1. The number of anilines is 1. The van der Waals surface area contributed by atoms with Crippen molar-refractivity contribution in [3.63, 3.8) is 0 Å². The van der Waals surface area contributed by atoms with Gasteiger partial charge in [0.15, 0.2) is 0 Å². The van der Waals surface area contributed by atoms with E-state index in [0.29, 0.717) is 12.0 Å². The molecule has 1 aliphatic carbocycles. The van der Waals surface area contributed by atoms with E-state index in [2.05, 4.69) is 17.6 Å². The van der Waals surface area contributed by atoms with E-state index in [9.17, 15) is 4.79 Å². The summed E-state index contributed by atoms with van der Waals surface area (Å²) in [6.45, 7) is 3.09. The van der Waals surface area contributed by atoms with Gasteiger partial charge in [-0.2, -0.15) is 0 Å². The highest BCUT2D eigenvalue weighted by molar-refractivity contribution is 5.95. The lowest BCUT2D eigenvalue weighted by atomic mass is 10.1. The van der Waals surface area contributed by atoms with Crippen LogP contribution < -0.4 is 10.6 Å². The maximum Gasteiger partial charge on any atom is 0.251 e. The molecule has 0 saturated heterocycles. The van der Waals surface area contributed by atoms with Crippen molar-refractivity contribution >= 4 is 24.0 Å². The van der Waals surface area contributed by atoms with Crippen LogP contribution in [0.15, 0.2) is 18.2 Å². The minimum atomic E-state index is 0. The molecule has 1 aromatic rings. The van der Waals surface area contributed by atoms with Crippen molar-refractivity contribution in [2.24, 2.45) is 5.92 Å². The predicted octanol–water partition coefficient (Wildman–Crippen LogP) is 2.60. The SMILES string of the molecule is CC(NC(=O)c1ccc2c(c1)CCN2)C1CC1.Cl. The van der Waals surface area contributed by atoms with Crippen LogP contribution in [0.4, 0.5) is 5.69 Å². The number of fused-ring (bicyclic) bond motifs is 1. The van der Waals surface area contributed by atoms with Crippen molar-refractivity contribution < 1.29 is 4.79 Å². The number of halogens is 1. The Morgan fingerprint density at radius 2 is 2.22 bits per heavy atom. The molecule has 0 radical (unpaired) electrons. The summed E-state index contributed by atoms with van der Waals surface area (Å²) in [5.74, 6) is 0.772. The maximum atomic E-state index is 12.1. The molecule has 1 aromatic carbocycles. The number of nitrogens with one attached hydrogen (secondary N) is 2. The van der Waals surface area contributed by atoms with Crippen LogP contribution >= 0.6 is 12.4 Å². The molecule has 3 nitrogen and oxygen atoms in total. The first-order valence-electron chi connectivity index (χ1n) is 6.42. The fourth-order valence-corrected chi connectivity index (χ4v) is 2.45. The maximum absolute atomic E-state index is 12.1. The van der Waals surface area contributed by atoms with Gasteiger partial charge in [-0.3, -0.25) is 4.79 Å². The van der Waals surface area contributed by atoms with Gasteiger partial charge in [0.2, 0.25) is 0 Å². The average molecular weight is 267 g/mol. The second-order valence-corrected chi connectivity index (χ2v) is 5.15. The first-order chi connectivity index (χ1) is 8.24. The summed E-state index contributed by atoms with van der Waals surface area (Å²) in [7, 11) is 0. The molecular weight excluding hydrogens is 248 g/mol. The smallest absolute Gasteiger partial charge is 0.251 e. The summed E-state index contributed by atoms with van der Waals surface area (Å²) in [5.41, 5.74) is 3.23. The van der Waals surface area contributed by atoms with Crippen LogP contribution in [0.1, 0.15) is 35.7 Å². The third kappa shape index (κ3) is 2.61. The van der Waals surface area contributed by atoms with Gasteiger partial charge in [-0.1, -0.05) is 0 Å². The lowest BCUT2D eigenvalue weighted by Gasteiger charge is -2.13. The number of hydrogen-bond donors (Lipinski definition) is 2. The Bertz CT molecular complexity index is 457. The molecule has 3 rings (SSSR count). The molecule has 1 heterocycles. The van der Waals surface area contributed by atoms with Crippen LogP contribution in [0.2, 0.25) is 0 Å². The van der Waals surface area contributed by atoms with Gasteiger partial charge in [-0.25, -0.2) is 0 Å². The number of carbonyl (C=O) groups excluding carboxylic acids is 1. The Hall–Kier alpha value is -1.22. The van der Waals surface area contributed by atoms with Crippen molar-refractivity contribution in [3.05, 3.63) is 29.3 Å². The van der Waals surface area contributed by atoms with Gasteiger partial charge in [0.1, 0.15) is 0 Å². The number of carbonyl (C=O) groups is 1. The minimum absolute atomic E-state index is 0. The van der Waals surface area contributed by atoms with E-state index in [4.69, 9.17) is 0 Å². The average Bonchev–Trinajstić information content (AvgIpc) is 3.07. The molecule has 0 aromatic heterocycles. The topological polar surface area (TPSA) is 41.1 Å². The van der Waals surface area contributed by atoms with Crippen molar-refractivity contribution in [2.75, 3.05) is 11.9 Å². The van der Waals surface area contributed by atoms with Gasteiger partial charge in [0.05, 0.1) is 0 Å². The molecule has 0 spiro atoms. The number of amides is 1. The molecule has 2 aliphatic rings. The summed E-state index contributed by atoms with van der Waals surface area (Å²) >= 11 is 0. The molecule has 1 unspecified atom stereocenters. The minimum Gasteiger partial charge on any atom is -0.384 e. The Labute approximate surface area is 114 Å². The van der Waals surface area contributed by atoms with E-state index >= 15 is 0 Å². The summed E-state index contributed by atoms with van der Waals surface area (Å²) in [4.78, 5) is 12.1. The first-order valence-corrected chi connectivity index (χ1v) is 6.42. The largest absolute Gasteiger partial charge is 0.384 e. The zero-order valence-corrected chi connectivity index (χ0v) is 11.3. The Morgan fingerprint density at radius 3 is 2.94 bits per heavy atom. The molecule has 4 heteroatoms. The fourth-order valence-electron chi connectivity index (χ4n) is 2.45. The zero-order chi connectivity index (χ0) is 11.8. The van der Waals surface area contributed by atoms with Crippen LogP contribution in [-0.2, 0) is 6.42 Å². The first kappa shape index (κ1) is 13.2. The Kier molecular flexibility index (Phi) is 3.81. The van der Waals surface area contributed by atoms with E-state index in [0.717, 1.165) is 18.5 Å². The van der Waals surface area contributed by atoms with E-state index in [1.54, 1.807) is 0 Å². The van der Waals surface area contributed by atoms with Crippen LogP contribution in [0.25, 0.3) is 0 Å². The van der Waals surface area contributed by atoms with E-state index in [-0.39, 0.29) is 18.3 Å². The van der Waals surface area contributed by atoms with Gasteiger partial charge in [0.25, 0.3) is 5.91 Å². The highest BCUT2D eigenvalue weighted by Gasteiger charge is 2.29. The number of rotatable bonds is 3. The lowest BCUT2D eigenvalue weighted by molar-refractivity contribution is 0.0936. The number of hydrogen-bond acceptors (Lipinski definition) is 2. The molecule has 98 valence electrons. The van der Waals surface area contributed by atoms with Crippen molar-refractivity contribution in [1.82, 2.24) is 5.32 Å². The molecule has 0 bridgehead atoms. The van der Waals surface area contributed by atoms with E-state index in [1.165, 1.54) is 24.1 Å². The fraction of sp³-hybridized carbons (Fsp3) is 0.500.